The second-order valence-electron chi connectivity index (χ2n) is 7.28. The van der Waals surface area contributed by atoms with Crippen LogP contribution in [-0.4, -0.2) is 42.6 Å². The Labute approximate surface area is 176 Å². The van der Waals surface area contributed by atoms with E-state index in [9.17, 15) is 19.2 Å². The number of benzene rings is 1. The summed E-state index contributed by atoms with van der Waals surface area (Å²) in [6, 6.07) is 7.07. The highest BCUT2D eigenvalue weighted by Gasteiger charge is 2.30. The van der Waals surface area contributed by atoms with Crippen molar-refractivity contribution in [3.8, 4) is 0 Å². The zero-order valence-electron chi connectivity index (χ0n) is 17.8. The summed E-state index contributed by atoms with van der Waals surface area (Å²) >= 11 is 0. The van der Waals surface area contributed by atoms with Crippen LogP contribution >= 0.6 is 0 Å². The molecule has 0 fully saturated rings. The number of carbonyl (C=O) groups is 4. The van der Waals surface area contributed by atoms with E-state index in [1.54, 1.807) is 27.7 Å². The van der Waals surface area contributed by atoms with Crippen LogP contribution in [0.3, 0.4) is 0 Å². The highest BCUT2D eigenvalue weighted by molar-refractivity contribution is 5.91. The maximum atomic E-state index is 12.7. The molecule has 0 aliphatic heterocycles. The van der Waals surface area contributed by atoms with Crippen LogP contribution in [0.15, 0.2) is 30.3 Å². The van der Waals surface area contributed by atoms with Gasteiger partial charge in [0.2, 0.25) is 11.8 Å². The molecule has 0 aliphatic rings. The molecule has 1 aromatic rings. The van der Waals surface area contributed by atoms with Gasteiger partial charge in [0.15, 0.2) is 0 Å². The molecule has 3 atom stereocenters. The Balaban J connectivity index is 2.70. The molecule has 1 rings (SSSR count). The Hall–Kier alpha value is -3.10. The number of primary amides is 1. The van der Waals surface area contributed by atoms with E-state index in [1.165, 1.54) is 0 Å². The normalized spacial score (nSPS) is 13.6. The molecule has 0 saturated heterocycles. The van der Waals surface area contributed by atoms with E-state index in [1.807, 2.05) is 30.3 Å². The summed E-state index contributed by atoms with van der Waals surface area (Å²) in [6.45, 7) is 7.00. The number of ether oxygens (including phenoxy) is 2. The standard InChI is InChI=1S/C21H31N3O6/c1-5-29-20(27)14(4)11-16(18(22)25)23-19(26)17(13(2)3)24-21(28)30-12-15-9-7-6-8-10-15/h6-10,13-14,16-17H,5,11-12H2,1-4H3,(H2,22,25)(H,23,26)(H,24,28)/t14-,16+,17+/m1/s1. The molecule has 166 valence electrons. The Morgan fingerprint density at radius 3 is 2.17 bits per heavy atom. The third-order valence-corrected chi connectivity index (χ3v) is 4.37. The largest absolute Gasteiger partial charge is 0.466 e. The van der Waals surface area contributed by atoms with Crippen molar-refractivity contribution in [3.63, 3.8) is 0 Å². The molecule has 1 aromatic carbocycles. The molecule has 0 heterocycles. The zero-order valence-corrected chi connectivity index (χ0v) is 17.8. The summed E-state index contributed by atoms with van der Waals surface area (Å²) in [6.07, 6.45) is -0.772. The SMILES string of the molecule is CCOC(=O)[C@H](C)C[C@H](NC(=O)[C@@H](NC(=O)OCc1ccccc1)C(C)C)C(N)=O. The van der Waals surface area contributed by atoms with Gasteiger partial charge in [-0.15, -0.1) is 0 Å². The number of nitrogens with one attached hydrogen (secondary N) is 2. The fourth-order valence-corrected chi connectivity index (χ4v) is 2.67. The van der Waals surface area contributed by atoms with Crippen LogP contribution in [0, 0.1) is 11.8 Å². The number of amides is 3. The van der Waals surface area contributed by atoms with Crippen LogP contribution in [0.2, 0.25) is 0 Å². The minimum Gasteiger partial charge on any atom is -0.466 e. The van der Waals surface area contributed by atoms with E-state index in [4.69, 9.17) is 15.2 Å². The second-order valence-corrected chi connectivity index (χ2v) is 7.28. The maximum Gasteiger partial charge on any atom is 0.408 e. The predicted octanol–water partition coefficient (Wildman–Crippen LogP) is 1.50. The maximum absolute atomic E-state index is 12.7. The van der Waals surface area contributed by atoms with Crippen LogP contribution in [-0.2, 0) is 30.5 Å². The third kappa shape index (κ3) is 8.50. The van der Waals surface area contributed by atoms with E-state index in [0.717, 1.165) is 5.56 Å². The van der Waals surface area contributed by atoms with Gasteiger partial charge in [-0.05, 0) is 24.8 Å². The molecule has 0 spiro atoms. The predicted molar refractivity (Wildman–Crippen MR) is 110 cm³/mol. The second kappa shape index (κ2) is 12.5. The van der Waals surface area contributed by atoms with Crippen LogP contribution in [0.4, 0.5) is 4.79 Å². The average Bonchev–Trinajstić information content (AvgIpc) is 2.70. The molecule has 9 nitrogen and oxygen atoms in total. The topological polar surface area (TPSA) is 137 Å². The van der Waals surface area contributed by atoms with Gasteiger partial charge in [-0.3, -0.25) is 14.4 Å². The minimum atomic E-state index is -1.08. The molecule has 0 bridgehead atoms. The van der Waals surface area contributed by atoms with E-state index in [0.29, 0.717) is 0 Å². The van der Waals surface area contributed by atoms with Crippen molar-refractivity contribution in [1.29, 1.82) is 0 Å². The summed E-state index contributed by atoms with van der Waals surface area (Å²) in [7, 11) is 0. The summed E-state index contributed by atoms with van der Waals surface area (Å²) in [4.78, 5) is 48.4. The van der Waals surface area contributed by atoms with Crippen molar-refractivity contribution in [3.05, 3.63) is 35.9 Å². The molecular weight excluding hydrogens is 390 g/mol. The summed E-state index contributed by atoms with van der Waals surface area (Å²) in [5.74, 6) is -2.79. The van der Waals surface area contributed by atoms with Crippen LogP contribution < -0.4 is 16.4 Å². The smallest absolute Gasteiger partial charge is 0.408 e. The first-order chi connectivity index (χ1) is 14.1. The number of rotatable bonds is 11. The van der Waals surface area contributed by atoms with Gasteiger partial charge in [0.1, 0.15) is 18.7 Å². The van der Waals surface area contributed by atoms with Crippen molar-refractivity contribution in [2.75, 3.05) is 6.61 Å². The Morgan fingerprint density at radius 2 is 1.63 bits per heavy atom. The number of nitrogens with two attached hydrogens (primary N) is 1. The molecule has 3 amide bonds. The highest BCUT2D eigenvalue weighted by atomic mass is 16.5. The number of carbonyl (C=O) groups excluding carboxylic acids is 4. The minimum absolute atomic E-state index is 0.0107. The first-order valence-corrected chi connectivity index (χ1v) is 9.89. The first-order valence-electron chi connectivity index (χ1n) is 9.89. The molecule has 0 aromatic heterocycles. The third-order valence-electron chi connectivity index (χ3n) is 4.37. The molecule has 4 N–H and O–H groups in total. The van der Waals surface area contributed by atoms with E-state index < -0.39 is 41.9 Å². The van der Waals surface area contributed by atoms with Crippen LogP contribution in [0.1, 0.15) is 39.7 Å². The average molecular weight is 421 g/mol. The van der Waals surface area contributed by atoms with Crippen molar-refractivity contribution in [2.24, 2.45) is 17.6 Å². The summed E-state index contributed by atoms with van der Waals surface area (Å²) < 4.78 is 10.1. The number of hydrogen-bond donors (Lipinski definition) is 3. The van der Waals surface area contributed by atoms with Gasteiger partial charge < -0.3 is 25.8 Å². The van der Waals surface area contributed by atoms with E-state index in [2.05, 4.69) is 10.6 Å². The molecule has 30 heavy (non-hydrogen) atoms. The quantitative estimate of drug-likeness (QED) is 0.463. The van der Waals surface area contributed by atoms with Gasteiger partial charge in [0.05, 0.1) is 12.5 Å². The van der Waals surface area contributed by atoms with Crippen LogP contribution in [0.25, 0.3) is 0 Å². The van der Waals surface area contributed by atoms with Gasteiger partial charge in [-0.1, -0.05) is 51.1 Å². The lowest BCUT2D eigenvalue weighted by Gasteiger charge is -2.25. The van der Waals surface area contributed by atoms with Gasteiger partial charge in [0.25, 0.3) is 0 Å². The van der Waals surface area contributed by atoms with Crippen molar-refractivity contribution in [2.45, 2.75) is 52.8 Å². The Morgan fingerprint density at radius 1 is 1.00 bits per heavy atom. The zero-order chi connectivity index (χ0) is 22.7. The molecule has 0 unspecified atom stereocenters. The fourth-order valence-electron chi connectivity index (χ4n) is 2.67. The van der Waals surface area contributed by atoms with Crippen molar-refractivity contribution in [1.82, 2.24) is 10.6 Å². The van der Waals surface area contributed by atoms with Crippen molar-refractivity contribution < 1.29 is 28.7 Å². The van der Waals surface area contributed by atoms with Gasteiger partial charge in [0, 0.05) is 0 Å². The number of esters is 1. The monoisotopic (exact) mass is 421 g/mol. The van der Waals surface area contributed by atoms with Crippen molar-refractivity contribution >= 4 is 23.9 Å². The lowest BCUT2D eigenvalue weighted by molar-refractivity contribution is -0.148. The summed E-state index contributed by atoms with van der Waals surface area (Å²) in [5.41, 5.74) is 6.18. The van der Waals surface area contributed by atoms with E-state index in [-0.39, 0.29) is 25.6 Å². The molecule has 0 saturated carbocycles. The lowest BCUT2D eigenvalue weighted by atomic mass is 9.99. The highest BCUT2D eigenvalue weighted by Crippen LogP contribution is 2.10. The van der Waals surface area contributed by atoms with E-state index >= 15 is 0 Å². The van der Waals surface area contributed by atoms with Gasteiger partial charge >= 0.3 is 12.1 Å². The van der Waals surface area contributed by atoms with Crippen LogP contribution in [0.5, 0.6) is 0 Å². The Bertz CT molecular complexity index is 723. The number of hydrogen-bond acceptors (Lipinski definition) is 6. The molecule has 9 heteroatoms. The van der Waals surface area contributed by atoms with Gasteiger partial charge in [-0.25, -0.2) is 4.79 Å². The van der Waals surface area contributed by atoms with Gasteiger partial charge in [-0.2, -0.15) is 0 Å². The Kier molecular flexibility index (Phi) is 10.4. The molecule has 0 radical (unpaired) electrons. The molecular formula is C21H31N3O6. The molecule has 0 aliphatic carbocycles. The first kappa shape index (κ1) is 24.9. The lowest BCUT2D eigenvalue weighted by Crippen LogP contribution is -2.55. The fraction of sp³-hybridized carbons (Fsp3) is 0.524. The summed E-state index contributed by atoms with van der Waals surface area (Å²) in [5, 5.41) is 5.02. The number of alkyl carbamates (subject to hydrolysis) is 1.